The Hall–Kier alpha value is -1.69. The number of nitrogens with one attached hydrogen (secondary N) is 1. The maximum absolute atomic E-state index is 11.1. The van der Waals surface area contributed by atoms with Crippen LogP contribution in [0.3, 0.4) is 0 Å². The largest absolute Gasteiger partial charge is 0.387 e. The summed E-state index contributed by atoms with van der Waals surface area (Å²) < 4.78 is 0. The number of pyridine rings is 1. The summed E-state index contributed by atoms with van der Waals surface area (Å²) in [6, 6.07) is 3.94. The topological polar surface area (TPSA) is 71.3 Å². The molecule has 19 heavy (non-hydrogen) atoms. The number of hydrogen-bond donors (Lipinski definition) is 1. The van der Waals surface area contributed by atoms with E-state index in [1.165, 1.54) is 12.6 Å². The zero-order chi connectivity index (χ0) is 13.7. The molecule has 0 saturated carbocycles. The Morgan fingerprint density at radius 2 is 2.42 bits per heavy atom. The summed E-state index contributed by atoms with van der Waals surface area (Å²) in [5.74, 6) is -0.0288. The van der Waals surface area contributed by atoms with Crippen molar-refractivity contribution in [3.05, 3.63) is 28.4 Å². The Kier molecular flexibility index (Phi) is 4.68. The molecule has 2 rings (SSSR count). The standard InChI is InChI=1S/C13H20N4O2/c1-14-9-7-11-5-2-3-10-16(11)12-6-4-8-15-13(12)17(18)19/h4,6,8,11,14H,2-3,5,7,9-10H2,1H3. The quantitative estimate of drug-likeness (QED) is 0.650. The lowest BCUT2D eigenvalue weighted by atomic mass is 9.98. The smallest absolute Gasteiger partial charge is 0.362 e. The van der Waals surface area contributed by atoms with Crippen LogP contribution in [-0.4, -0.2) is 36.1 Å². The van der Waals surface area contributed by atoms with Gasteiger partial charge in [0.1, 0.15) is 11.9 Å². The van der Waals surface area contributed by atoms with Crippen molar-refractivity contribution >= 4 is 11.5 Å². The van der Waals surface area contributed by atoms with Crippen LogP contribution in [0.4, 0.5) is 11.5 Å². The normalized spacial score (nSPS) is 19.4. The van der Waals surface area contributed by atoms with Gasteiger partial charge in [0.25, 0.3) is 0 Å². The van der Waals surface area contributed by atoms with Gasteiger partial charge in [0, 0.05) is 12.6 Å². The first-order valence-corrected chi connectivity index (χ1v) is 6.74. The van der Waals surface area contributed by atoms with Crippen molar-refractivity contribution in [1.82, 2.24) is 10.3 Å². The Balaban J connectivity index is 2.24. The molecule has 1 aromatic heterocycles. The van der Waals surface area contributed by atoms with Crippen molar-refractivity contribution in [2.75, 3.05) is 25.0 Å². The molecule has 1 saturated heterocycles. The number of anilines is 1. The summed E-state index contributed by atoms with van der Waals surface area (Å²) in [6.07, 6.45) is 5.85. The molecule has 1 unspecified atom stereocenters. The second kappa shape index (κ2) is 6.47. The van der Waals surface area contributed by atoms with Crippen molar-refractivity contribution in [2.45, 2.75) is 31.7 Å². The van der Waals surface area contributed by atoms with Crippen LogP contribution in [-0.2, 0) is 0 Å². The third-order valence-electron chi connectivity index (χ3n) is 3.60. The Morgan fingerprint density at radius 1 is 1.58 bits per heavy atom. The monoisotopic (exact) mass is 264 g/mol. The maximum atomic E-state index is 11.1. The van der Waals surface area contributed by atoms with Crippen molar-refractivity contribution in [3.8, 4) is 0 Å². The molecule has 0 aliphatic carbocycles. The van der Waals surface area contributed by atoms with Gasteiger partial charge >= 0.3 is 5.82 Å². The van der Waals surface area contributed by atoms with E-state index in [9.17, 15) is 10.1 Å². The second-order valence-corrected chi connectivity index (χ2v) is 4.84. The number of nitrogens with zero attached hydrogens (tertiary/aromatic N) is 3. The van der Waals surface area contributed by atoms with Crippen LogP contribution in [0.5, 0.6) is 0 Å². The van der Waals surface area contributed by atoms with E-state index in [0.717, 1.165) is 32.4 Å². The summed E-state index contributed by atoms with van der Waals surface area (Å²) in [7, 11) is 1.93. The van der Waals surface area contributed by atoms with Gasteiger partial charge in [0.15, 0.2) is 0 Å². The summed E-state index contributed by atoms with van der Waals surface area (Å²) >= 11 is 0. The van der Waals surface area contributed by atoms with E-state index in [4.69, 9.17) is 0 Å². The number of hydrogen-bond acceptors (Lipinski definition) is 5. The lowest BCUT2D eigenvalue weighted by molar-refractivity contribution is -0.388. The average molecular weight is 264 g/mol. The Labute approximate surface area is 113 Å². The molecule has 6 nitrogen and oxygen atoms in total. The molecule has 1 N–H and O–H groups in total. The number of piperidine rings is 1. The predicted molar refractivity (Wildman–Crippen MR) is 74.4 cm³/mol. The zero-order valence-electron chi connectivity index (χ0n) is 11.2. The maximum Gasteiger partial charge on any atom is 0.387 e. The van der Waals surface area contributed by atoms with Gasteiger partial charge in [-0.25, -0.2) is 0 Å². The number of rotatable bonds is 5. The molecule has 0 aromatic carbocycles. The van der Waals surface area contributed by atoms with E-state index in [1.54, 1.807) is 6.07 Å². The van der Waals surface area contributed by atoms with Crippen molar-refractivity contribution < 1.29 is 4.92 Å². The van der Waals surface area contributed by atoms with Gasteiger partial charge in [-0.05, 0) is 61.3 Å². The molecule has 0 bridgehead atoms. The lowest BCUT2D eigenvalue weighted by Gasteiger charge is -2.37. The molecule has 0 radical (unpaired) electrons. The molecule has 2 heterocycles. The summed E-state index contributed by atoms with van der Waals surface area (Å²) in [4.78, 5) is 16.8. The molecule has 1 aliphatic heterocycles. The third-order valence-corrected chi connectivity index (χ3v) is 3.60. The van der Waals surface area contributed by atoms with E-state index in [1.807, 2.05) is 13.1 Å². The minimum atomic E-state index is -0.390. The SMILES string of the molecule is CNCCC1CCCCN1c1cccnc1[N+](=O)[O-]. The van der Waals surface area contributed by atoms with Crippen molar-refractivity contribution in [1.29, 1.82) is 0 Å². The van der Waals surface area contributed by atoms with Gasteiger partial charge in [0.2, 0.25) is 0 Å². The predicted octanol–water partition coefficient (Wildman–Crippen LogP) is 1.96. The fraction of sp³-hybridized carbons (Fsp3) is 0.615. The minimum Gasteiger partial charge on any atom is -0.362 e. The first-order chi connectivity index (χ1) is 9.24. The lowest BCUT2D eigenvalue weighted by Crippen LogP contribution is -2.41. The first-order valence-electron chi connectivity index (χ1n) is 6.74. The van der Waals surface area contributed by atoms with Gasteiger partial charge in [-0.1, -0.05) is 0 Å². The number of aromatic nitrogens is 1. The van der Waals surface area contributed by atoms with E-state index in [-0.39, 0.29) is 10.7 Å². The van der Waals surface area contributed by atoms with Gasteiger partial charge < -0.3 is 20.3 Å². The van der Waals surface area contributed by atoms with Crippen LogP contribution in [0, 0.1) is 10.1 Å². The molecule has 1 aromatic rings. The van der Waals surface area contributed by atoms with Crippen LogP contribution in [0.1, 0.15) is 25.7 Å². The van der Waals surface area contributed by atoms with E-state index < -0.39 is 0 Å². The molecule has 1 fully saturated rings. The molecule has 104 valence electrons. The van der Waals surface area contributed by atoms with Crippen molar-refractivity contribution in [3.63, 3.8) is 0 Å². The molecular formula is C13H20N4O2. The van der Waals surface area contributed by atoms with Crippen LogP contribution >= 0.6 is 0 Å². The van der Waals surface area contributed by atoms with Gasteiger partial charge in [-0.2, -0.15) is 0 Å². The summed E-state index contributed by atoms with van der Waals surface area (Å²) in [5, 5.41) is 14.2. The van der Waals surface area contributed by atoms with Crippen LogP contribution in [0.2, 0.25) is 0 Å². The summed E-state index contributed by atoms with van der Waals surface area (Å²) in [5.41, 5.74) is 0.660. The molecule has 6 heteroatoms. The third kappa shape index (κ3) is 3.20. The second-order valence-electron chi connectivity index (χ2n) is 4.84. The van der Waals surface area contributed by atoms with Gasteiger partial charge in [0.05, 0.1) is 0 Å². The first kappa shape index (κ1) is 13.7. The van der Waals surface area contributed by atoms with Gasteiger partial charge in [-0.3, -0.25) is 0 Å². The van der Waals surface area contributed by atoms with Crippen LogP contribution < -0.4 is 10.2 Å². The molecule has 1 aliphatic rings. The van der Waals surface area contributed by atoms with E-state index >= 15 is 0 Å². The Bertz CT molecular complexity index is 438. The minimum absolute atomic E-state index is 0.0288. The van der Waals surface area contributed by atoms with Crippen molar-refractivity contribution in [2.24, 2.45) is 0 Å². The highest BCUT2D eigenvalue weighted by Crippen LogP contribution is 2.31. The fourth-order valence-electron chi connectivity index (χ4n) is 2.68. The highest BCUT2D eigenvalue weighted by Gasteiger charge is 2.28. The highest BCUT2D eigenvalue weighted by molar-refractivity contribution is 5.59. The summed E-state index contributed by atoms with van der Waals surface area (Å²) in [6.45, 7) is 1.80. The zero-order valence-corrected chi connectivity index (χ0v) is 11.2. The number of nitro groups is 1. The van der Waals surface area contributed by atoms with Crippen LogP contribution in [0.25, 0.3) is 0 Å². The Morgan fingerprint density at radius 3 is 3.16 bits per heavy atom. The molecule has 1 atom stereocenters. The van der Waals surface area contributed by atoms with Gasteiger partial charge in [-0.15, -0.1) is 0 Å². The molecular weight excluding hydrogens is 244 g/mol. The molecule has 0 spiro atoms. The van der Waals surface area contributed by atoms with Crippen LogP contribution in [0.15, 0.2) is 18.3 Å². The van der Waals surface area contributed by atoms with E-state index in [2.05, 4.69) is 15.2 Å². The van der Waals surface area contributed by atoms with E-state index in [0.29, 0.717) is 11.7 Å². The fourth-order valence-corrected chi connectivity index (χ4v) is 2.68. The highest BCUT2D eigenvalue weighted by atomic mass is 16.6. The molecule has 0 amide bonds. The average Bonchev–Trinajstić information content (AvgIpc) is 2.45.